The molecule has 2 rings (SSSR count). The Morgan fingerprint density at radius 1 is 0.792 bits per heavy atom. The fourth-order valence-corrected chi connectivity index (χ4v) is 1.02. The highest BCUT2D eigenvalue weighted by Gasteiger charge is 2.27. The second kappa shape index (κ2) is 13.8. The third-order valence-corrected chi connectivity index (χ3v) is 3.18. The number of rotatable bonds is 10. The third-order valence-electron chi connectivity index (χ3n) is 3.18. The molecule has 7 N–H and O–H groups in total. The molecule has 2 saturated heterocycles. The quantitative estimate of drug-likeness (QED) is 0.191. The van der Waals surface area contributed by atoms with Crippen LogP contribution in [0.3, 0.4) is 0 Å². The van der Waals surface area contributed by atoms with Gasteiger partial charge in [-0.3, -0.25) is 0 Å². The molecule has 0 aromatic heterocycles. The zero-order valence-electron chi connectivity index (χ0n) is 13.7. The van der Waals surface area contributed by atoms with Gasteiger partial charge in [0.05, 0.1) is 71.5 Å². The van der Waals surface area contributed by atoms with Crippen LogP contribution in [0.2, 0.25) is 0 Å². The Hall–Kier alpha value is -0.400. The number of ether oxygens (including phenoxy) is 3. The minimum atomic E-state index is -1.11. The van der Waals surface area contributed by atoms with E-state index in [4.69, 9.17) is 50.0 Å². The lowest BCUT2D eigenvalue weighted by molar-refractivity contribution is -0.0328. The van der Waals surface area contributed by atoms with Gasteiger partial charge < -0.3 is 50.0 Å². The molecule has 24 heavy (non-hydrogen) atoms. The van der Waals surface area contributed by atoms with E-state index in [0.29, 0.717) is 12.2 Å². The van der Waals surface area contributed by atoms with Crippen LogP contribution in [0.5, 0.6) is 0 Å². The van der Waals surface area contributed by atoms with Gasteiger partial charge in [0.1, 0.15) is 18.3 Å². The standard InChI is InChI=1S/C6H10O3.C5H12O4.C3H8O3/c1(5-3-8-5)7-2-6-4-9-6;6-1-5(2-7,3-8)4-9;4-1-3(6)2-5/h5-6H,1-4H2;6-9H,1-4H2;3-6H,1-2H2. The SMILES string of the molecule is C(OCC1CO1)C1CO1.OCC(CO)(CO)CO.OCC(O)CO. The van der Waals surface area contributed by atoms with Crippen molar-refractivity contribution in [1.29, 1.82) is 0 Å². The molecule has 0 aliphatic carbocycles. The summed E-state index contributed by atoms with van der Waals surface area (Å²) >= 11 is 0. The Bertz CT molecular complexity index is 245. The van der Waals surface area contributed by atoms with E-state index in [1.807, 2.05) is 0 Å². The summed E-state index contributed by atoms with van der Waals surface area (Å²) in [7, 11) is 0. The van der Waals surface area contributed by atoms with Gasteiger partial charge in [-0.05, 0) is 0 Å². The Morgan fingerprint density at radius 3 is 1.25 bits per heavy atom. The molecule has 2 atom stereocenters. The normalized spacial score (nSPS) is 21.5. The van der Waals surface area contributed by atoms with E-state index in [0.717, 1.165) is 26.4 Å². The maximum Gasteiger partial charge on any atom is 0.104 e. The number of epoxide rings is 2. The Balaban J connectivity index is 0.000000340. The van der Waals surface area contributed by atoms with Gasteiger partial charge in [-0.25, -0.2) is 0 Å². The van der Waals surface area contributed by atoms with Crippen LogP contribution in [-0.2, 0) is 14.2 Å². The van der Waals surface area contributed by atoms with Crippen molar-refractivity contribution in [2.45, 2.75) is 18.3 Å². The van der Waals surface area contributed by atoms with Gasteiger partial charge in [-0.2, -0.15) is 0 Å². The summed E-state index contributed by atoms with van der Waals surface area (Å²) in [4.78, 5) is 0. The minimum Gasteiger partial charge on any atom is -0.396 e. The van der Waals surface area contributed by atoms with Gasteiger partial charge in [0.2, 0.25) is 0 Å². The molecule has 0 spiro atoms. The fraction of sp³-hybridized carbons (Fsp3) is 1.00. The smallest absolute Gasteiger partial charge is 0.104 e. The maximum absolute atomic E-state index is 8.50. The molecule has 0 amide bonds. The molecule has 2 aliphatic heterocycles. The molecule has 0 radical (unpaired) electrons. The molecular formula is C14H30O10. The molecule has 0 aromatic carbocycles. The van der Waals surface area contributed by atoms with Gasteiger partial charge in [-0.1, -0.05) is 0 Å². The molecule has 2 fully saturated rings. The minimum absolute atomic E-state index is 0.365. The molecule has 0 saturated carbocycles. The first-order chi connectivity index (χ1) is 11.5. The number of aliphatic hydroxyl groups is 7. The van der Waals surface area contributed by atoms with E-state index in [1.54, 1.807) is 0 Å². The van der Waals surface area contributed by atoms with E-state index in [-0.39, 0.29) is 13.2 Å². The van der Waals surface area contributed by atoms with Crippen LogP contribution in [0.1, 0.15) is 0 Å². The Kier molecular flexibility index (Phi) is 13.6. The van der Waals surface area contributed by atoms with Crippen molar-refractivity contribution < 1.29 is 50.0 Å². The molecule has 10 nitrogen and oxygen atoms in total. The zero-order chi connectivity index (χ0) is 18.4. The number of hydrogen-bond acceptors (Lipinski definition) is 10. The van der Waals surface area contributed by atoms with Crippen LogP contribution in [0.25, 0.3) is 0 Å². The summed E-state index contributed by atoms with van der Waals surface area (Å²) in [6.07, 6.45) is -0.169. The summed E-state index contributed by atoms with van der Waals surface area (Å²) in [6.45, 7) is 0.907. The molecule has 10 heteroatoms. The summed E-state index contributed by atoms with van der Waals surface area (Å²) in [6, 6.07) is 0. The highest BCUT2D eigenvalue weighted by atomic mass is 16.6. The van der Waals surface area contributed by atoms with Crippen molar-refractivity contribution in [3.63, 3.8) is 0 Å². The van der Waals surface area contributed by atoms with Crippen molar-refractivity contribution in [1.82, 2.24) is 0 Å². The third kappa shape index (κ3) is 12.0. The molecule has 146 valence electrons. The van der Waals surface area contributed by atoms with Gasteiger partial charge in [0.15, 0.2) is 0 Å². The second-order valence-corrected chi connectivity index (χ2v) is 5.60. The van der Waals surface area contributed by atoms with Crippen LogP contribution in [-0.4, -0.2) is 120 Å². The summed E-state index contributed by atoms with van der Waals surface area (Å²) < 4.78 is 15.1. The van der Waals surface area contributed by atoms with Crippen LogP contribution >= 0.6 is 0 Å². The zero-order valence-corrected chi connectivity index (χ0v) is 13.7. The number of hydrogen-bond donors (Lipinski definition) is 7. The highest BCUT2D eigenvalue weighted by Crippen LogP contribution is 2.12. The van der Waals surface area contributed by atoms with Crippen molar-refractivity contribution in [2.24, 2.45) is 5.41 Å². The van der Waals surface area contributed by atoms with Crippen molar-refractivity contribution in [3.8, 4) is 0 Å². The summed E-state index contributed by atoms with van der Waals surface area (Å²) in [5.41, 5.74) is -1.11. The van der Waals surface area contributed by atoms with Gasteiger partial charge >= 0.3 is 0 Å². The van der Waals surface area contributed by atoms with Crippen LogP contribution in [0.4, 0.5) is 0 Å². The van der Waals surface area contributed by atoms with Gasteiger partial charge in [-0.15, -0.1) is 0 Å². The monoisotopic (exact) mass is 358 g/mol. The molecule has 2 heterocycles. The van der Waals surface area contributed by atoms with E-state index < -0.39 is 37.9 Å². The Morgan fingerprint density at radius 2 is 1.12 bits per heavy atom. The average Bonchev–Trinajstić information content (AvgIpc) is 3.53. The van der Waals surface area contributed by atoms with Crippen molar-refractivity contribution in [2.75, 3.05) is 66.1 Å². The molecule has 0 aromatic rings. The maximum atomic E-state index is 8.50. The van der Waals surface area contributed by atoms with Crippen LogP contribution < -0.4 is 0 Å². The van der Waals surface area contributed by atoms with E-state index >= 15 is 0 Å². The van der Waals surface area contributed by atoms with E-state index in [9.17, 15) is 0 Å². The first-order valence-corrected chi connectivity index (χ1v) is 7.65. The molecule has 0 bridgehead atoms. The lowest BCUT2D eigenvalue weighted by Crippen LogP contribution is -2.37. The van der Waals surface area contributed by atoms with Gasteiger partial charge in [0, 0.05) is 0 Å². The highest BCUT2D eigenvalue weighted by molar-refractivity contribution is 4.75. The predicted molar refractivity (Wildman–Crippen MR) is 81.3 cm³/mol. The predicted octanol–water partition coefficient (Wildman–Crippen LogP) is -3.93. The summed E-state index contributed by atoms with van der Waals surface area (Å²) in [5.74, 6) is 0. The van der Waals surface area contributed by atoms with E-state index in [1.165, 1.54) is 0 Å². The average molecular weight is 358 g/mol. The molecule has 2 unspecified atom stereocenters. The van der Waals surface area contributed by atoms with Gasteiger partial charge in [0.25, 0.3) is 0 Å². The van der Waals surface area contributed by atoms with Crippen LogP contribution in [0.15, 0.2) is 0 Å². The molecular weight excluding hydrogens is 328 g/mol. The lowest BCUT2D eigenvalue weighted by Gasteiger charge is -2.23. The fourth-order valence-electron chi connectivity index (χ4n) is 1.02. The first-order valence-electron chi connectivity index (χ1n) is 7.65. The summed E-state index contributed by atoms with van der Waals surface area (Å²) in [5, 5.41) is 58.0. The first kappa shape index (κ1) is 23.6. The Labute approximate surface area is 140 Å². The molecule has 2 aliphatic rings. The van der Waals surface area contributed by atoms with Crippen LogP contribution in [0, 0.1) is 5.41 Å². The lowest BCUT2D eigenvalue weighted by atomic mass is 9.93. The number of aliphatic hydroxyl groups excluding tert-OH is 7. The largest absolute Gasteiger partial charge is 0.396 e. The van der Waals surface area contributed by atoms with Crippen molar-refractivity contribution >= 4 is 0 Å². The van der Waals surface area contributed by atoms with Crippen molar-refractivity contribution in [3.05, 3.63) is 0 Å². The van der Waals surface area contributed by atoms with E-state index in [2.05, 4.69) is 0 Å². The second-order valence-electron chi connectivity index (χ2n) is 5.60. The topological polar surface area (TPSA) is 176 Å².